The molecule has 4 nitrogen and oxygen atoms in total. The summed E-state index contributed by atoms with van der Waals surface area (Å²) in [5.74, 6) is 0.898. The molecule has 0 atom stereocenters. The highest BCUT2D eigenvalue weighted by Gasteiger charge is 2.04. The Morgan fingerprint density at radius 2 is 2.15 bits per heavy atom. The van der Waals surface area contributed by atoms with Crippen molar-refractivity contribution in [1.29, 1.82) is 5.26 Å². The fourth-order valence-electron chi connectivity index (χ4n) is 1.71. The maximum absolute atomic E-state index is 8.48. The second-order valence-electron chi connectivity index (χ2n) is 4.39. The highest BCUT2D eigenvalue weighted by atomic mass is 79.9. The summed E-state index contributed by atoms with van der Waals surface area (Å²) in [5, 5.41) is 11.8. The van der Waals surface area contributed by atoms with Gasteiger partial charge in [-0.25, -0.2) is 0 Å². The minimum atomic E-state index is 0.592. The summed E-state index contributed by atoms with van der Waals surface area (Å²) >= 11 is 3.48. The van der Waals surface area contributed by atoms with Gasteiger partial charge in [0.25, 0.3) is 0 Å². The molecule has 0 heterocycles. The van der Waals surface area contributed by atoms with E-state index in [0.29, 0.717) is 19.6 Å². The number of ether oxygens (including phenoxy) is 2. The first-order chi connectivity index (χ1) is 9.77. The summed E-state index contributed by atoms with van der Waals surface area (Å²) in [7, 11) is 1.69. The van der Waals surface area contributed by atoms with Crippen molar-refractivity contribution in [3.63, 3.8) is 0 Å². The Balaban J connectivity index is 2.45. The molecule has 0 radical (unpaired) electrons. The van der Waals surface area contributed by atoms with Gasteiger partial charge in [-0.15, -0.1) is 0 Å². The molecule has 0 saturated carbocycles. The minimum Gasteiger partial charge on any atom is -0.493 e. The summed E-state index contributed by atoms with van der Waals surface area (Å²) in [5.41, 5.74) is 1.12. The van der Waals surface area contributed by atoms with Crippen LogP contribution in [0, 0.1) is 11.3 Å². The number of nitriles is 1. The lowest BCUT2D eigenvalue weighted by molar-refractivity contribution is 0.199. The SMILES string of the molecule is COCCNCc1cc(Br)ccc1OCCCCC#N. The lowest BCUT2D eigenvalue weighted by Gasteiger charge is -2.12. The maximum atomic E-state index is 8.48. The van der Waals surface area contributed by atoms with Gasteiger partial charge in [-0.3, -0.25) is 0 Å². The van der Waals surface area contributed by atoms with E-state index in [1.807, 2.05) is 12.1 Å². The monoisotopic (exact) mass is 340 g/mol. The van der Waals surface area contributed by atoms with Gasteiger partial charge in [0.1, 0.15) is 5.75 Å². The van der Waals surface area contributed by atoms with E-state index in [-0.39, 0.29) is 0 Å². The van der Waals surface area contributed by atoms with Crippen LogP contribution < -0.4 is 10.1 Å². The van der Waals surface area contributed by atoms with E-state index >= 15 is 0 Å². The molecule has 0 amide bonds. The van der Waals surface area contributed by atoms with Gasteiger partial charge in [0.05, 0.1) is 19.3 Å². The molecule has 0 saturated heterocycles. The van der Waals surface area contributed by atoms with E-state index in [9.17, 15) is 0 Å². The van der Waals surface area contributed by atoms with Crippen LogP contribution in [0.1, 0.15) is 24.8 Å². The zero-order chi connectivity index (χ0) is 14.6. The van der Waals surface area contributed by atoms with E-state index in [1.54, 1.807) is 7.11 Å². The lowest BCUT2D eigenvalue weighted by Crippen LogP contribution is -2.19. The van der Waals surface area contributed by atoms with Gasteiger partial charge in [-0.1, -0.05) is 15.9 Å². The standard InChI is InChI=1S/C15H21BrN2O2/c1-19-10-8-18-12-13-11-14(16)5-6-15(13)20-9-4-2-3-7-17/h5-6,11,18H,2-4,8-10,12H2,1H3. The van der Waals surface area contributed by atoms with Gasteiger partial charge >= 0.3 is 0 Å². The second-order valence-corrected chi connectivity index (χ2v) is 5.30. The molecule has 1 aromatic carbocycles. The van der Waals surface area contributed by atoms with Crippen molar-refractivity contribution in [2.24, 2.45) is 0 Å². The van der Waals surface area contributed by atoms with Crippen LogP contribution in [-0.2, 0) is 11.3 Å². The van der Waals surface area contributed by atoms with E-state index in [2.05, 4.69) is 33.4 Å². The van der Waals surface area contributed by atoms with Crippen LogP contribution in [0.5, 0.6) is 5.75 Å². The predicted octanol–water partition coefficient (Wildman–Crippen LogP) is 3.26. The molecule has 1 aromatic rings. The number of methoxy groups -OCH3 is 1. The van der Waals surface area contributed by atoms with Crippen molar-refractivity contribution in [3.8, 4) is 11.8 Å². The number of nitrogens with zero attached hydrogens (tertiary/aromatic N) is 1. The molecule has 0 aliphatic heterocycles. The molecule has 0 aliphatic carbocycles. The number of halogens is 1. The molecule has 0 aliphatic rings. The van der Waals surface area contributed by atoms with Crippen LogP contribution in [0.3, 0.4) is 0 Å². The van der Waals surface area contributed by atoms with Crippen molar-refractivity contribution in [2.45, 2.75) is 25.8 Å². The van der Waals surface area contributed by atoms with Crippen molar-refractivity contribution in [3.05, 3.63) is 28.2 Å². The van der Waals surface area contributed by atoms with E-state index in [4.69, 9.17) is 14.7 Å². The number of rotatable bonds is 10. The molecule has 1 rings (SSSR count). The summed E-state index contributed by atoms with van der Waals surface area (Å²) in [6.07, 6.45) is 2.38. The highest BCUT2D eigenvalue weighted by molar-refractivity contribution is 9.10. The Morgan fingerprint density at radius 3 is 2.90 bits per heavy atom. The van der Waals surface area contributed by atoms with Gasteiger partial charge in [-0.05, 0) is 31.0 Å². The molecule has 20 heavy (non-hydrogen) atoms. The van der Waals surface area contributed by atoms with E-state index in [0.717, 1.165) is 41.7 Å². The van der Waals surface area contributed by atoms with Crippen molar-refractivity contribution < 1.29 is 9.47 Å². The number of unbranched alkanes of at least 4 members (excludes halogenated alkanes) is 2. The topological polar surface area (TPSA) is 54.3 Å². The van der Waals surface area contributed by atoms with Crippen molar-refractivity contribution in [2.75, 3.05) is 26.9 Å². The quantitative estimate of drug-likeness (QED) is 0.664. The largest absolute Gasteiger partial charge is 0.493 e. The van der Waals surface area contributed by atoms with Crippen LogP contribution in [-0.4, -0.2) is 26.9 Å². The fourth-order valence-corrected chi connectivity index (χ4v) is 2.12. The summed E-state index contributed by atoms with van der Waals surface area (Å²) in [6.45, 7) is 2.90. The first-order valence-electron chi connectivity index (χ1n) is 6.75. The summed E-state index contributed by atoms with van der Waals surface area (Å²) in [6, 6.07) is 8.15. The fraction of sp³-hybridized carbons (Fsp3) is 0.533. The van der Waals surface area contributed by atoms with E-state index in [1.165, 1.54) is 0 Å². The van der Waals surface area contributed by atoms with Gasteiger partial charge < -0.3 is 14.8 Å². The van der Waals surface area contributed by atoms with Crippen LogP contribution >= 0.6 is 15.9 Å². The zero-order valence-corrected chi connectivity index (χ0v) is 13.4. The van der Waals surface area contributed by atoms with Gasteiger partial charge in [-0.2, -0.15) is 5.26 Å². The Morgan fingerprint density at radius 1 is 1.30 bits per heavy atom. The number of benzene rings is 1. The van der Waals surface area contributed by atoms with Crippen LogP contribution in [0.15, 0.2) is 22.7 Å². The molecular weight excluding hydrogens is 320 g/mol. The average molecular weight is 341 g/mol. The Kier molecular flexibility index (Phi) is 9.05. The Hall–Kier alpha value is -1.09. The smallest absolute Gasteiger partial charge is 0.123 e. The van der Waals surface area contributed by atoms with Gasteiger partial charge in [0.2, 0.25) is 0 Å². The average Bonchev–Trinajstić information content (AvgIpc) is 2.45. The molecule has 0 unspecified atom stereocenters. The first-order valence-corrected chi connectivity index (χ1v) is 7.55. The third kappa shape index (κ3) is 6.90. The van der Waals surface area contributed by atoms with E-state index < -0.39 is 0 Å². The normalized spacial score (nSPS) is 10.2. The number of hydrogen-bond donors (Lipinski definition) is 1. The molecule has 0 bridgehead atoms. The maximum Gasteiger partial charge on any atom is 0.123 e. The van der Waals surface area contributed by atoms with Gasteiger partial charge in [0, 0.05) is 36.7 Å². The molecule has 0 spiro atoms. The molecule has 5 heteroatoms. The molecular formula is C15H21BrN2O2. The van der Waals surface area contributed by atoms with Crippen LogP contribution in [0.2, 0.25) is 0 Å². The van der Waals surface area contributed by atoms with Crippen molar-refractivity contribution >= 4 is 15.9 Å². The third-order valence-electron chi connectivity index (χ3n) is 2.76. The Labute approximate surface area is 129 Å². The minimum absolute atomic E-state index is 0.592. The molecule has 0 aromatic heterocycles. The third-order valence-corrected chi connectivity index (χ3v) is 3.25. The first kappa shape index (κ1) is 17.0. The molecule has 1 N–H and O–H groups in total. The van der Waals surface area contributed by atoms with Crippen LogP contribution in [0.4, 0.5) is 0 Å². The van der Waals surface area contributed by atoms with Gasteiger partial charge in [0.15, 0.2) is 0 Å². The lowest BCUT2D eigenvalue weighted by atomic mass is 10.2. The predicted molar refractivity (Wildman–Crippen MR) is 82.7 cm³/mol. The Bertz CT molecular complexity index is 432. The molecule has 0 fully saturated rings. The van der Waals surface area contributed by atoms with Crippen molar-refractivity contribution in [1.82, 2.24) is 5.32 Å². The molecule has 110 valence electrons. The zero-order valence-electron chi connectivity index (χ0n) is 11.8. The van der Waals surface area contributed by atoms with Crippen LogP contribution in [0.25, 0.3) is 0 Å². The second kappa shape index (κ2) is 10.7. The highest BCUT2D eigenvalue weighted by Crippen LogP contribution is 2.23. The number of hydrogen-bond acceptors (Lipinski definition) is 4. The number of nitrogens with one attached hydrogen (secondary N) is 1. The summed E-state index contributed by atoms with van der Waals surface area (Å²) in [4.78, 5) is 0. The summed E-state index contributed by atoms with van der Waals surface area (Å²) < 4.78 is 11.8.